The van der Waals surface area contributed by atoms with Gasteiger partial charge >= 0.3 is 0 Å². The largest absolute Gasteiger partial charge is 0.493 e. The highest BCUT2D eigenvalue weighted by atomic mass is 19.1. The van der Waals surface area contributed by atoms with E-state index in [1.54, 1.807) is 0 Å². The van der Waals surface area contributed by atoms with Crippen LogP contribution in [0.25, 0.3) is 22.6 Å². The Bertz CT molecular complexity index is 832. The normalized spacial score (nSPS) is 10.5. The minimum Gasteiger partial charge on any atom is -0.493 e. The van der Waals surface area contributed by atoms with Crippen LogP contribution in [0.3, 0.4) is 0 Å². The maximum Gasteiger partial charge on any atom is 0.262 e. The van der Waals surface area contributed by atoms with Crippen LogP contribution in [0.5, 0.6) is 5.88 Å². The average molecular weight is 284 g/mol. The van der Waals surface area contributed by atoms with E-state index in [4.69, 9.17) is 0 Å². The van der Waals surface area contributed by atoms with Gasteiger partial charge in [-0.2, -0.15) is 4.98 Å². The lowest BCUT2D eigenvalue weighted by molar-refractivity contribution is 0.454. The Morgan fingerprint density at radius 3 is 2.52 bits per heavy atom. The van der Waals surface area contributed by atoms with Crippen LogP contribution >= 0.6 is 0 Å². The molecule has 0 atom stereocenters. The zero-order valence-electron chi connectivity index (χ0n) is 10.6. The van der Waals surface area contributed by atoms with E-state index in [2.05, 4.69) is 19.9 Å². The van der Waals surface area contributed by atoms with Crippen LogP contribution in [0.2, 0.25) is 0 Å². The van der Waals surface area contributed by atoms with E-state index in [0.717, 1.165) is 0 Å². The van der Waals surface area contributed by atoms with Crippen molar-refractivity contribution in [3.8, 4) is 28.5 Å². The molecule has 0 unspecified atom stereocenters. The zero-order valence-corrected chi connectivity index (χ0v) is 10.6. The fourth-order valence-electron chi connectivity index (χ4n) is 1.88. The first kappa shape index (κ1) is 12.9. The minimum absolute atomic E-state index is 0.0253. The predicted octanol–water partition coefficient (Wildman–Crippen LogP) is 1.74. The van der Waals surface area contributed by atoms with Crippen LogP contribution in [0, 0.1) is 5.82 Å². The van der Waals surface area contributed by atoms with Gasteiger partial charge in [0, 0.05) is 12.4 Å². The second-order valence-electron chi connectivity index (χ2n) is 4.21. The lowest BCUT2D eigenvalue weighted by atomic mass is 10.1. The molecular formula is C14H9FN4O2. The van der Waals surface area contributed by atoms with E-state index in [0.29, 0.717) is 11.3 Å². The molecule has 0 radical (unpaired) electrons. The molecule has 2 heterocycles. The standard InChI is InChI=1S/C14H9FN4O2/c15-9-3-1-8(2-4-9)11-13(20)18-12(19-14(11)21)10-7-16-5-6-17-10/h1-7H,(H2,18,19,20,21). The molecule has 6 nitrogen and oxygen atoms in total. The topological polar surface area (TPSA) is 91.8 Å². The van der Waals surface area contributed by atoms with E-state index >= 15 is 0 Å². The molecule has 104 valence electrons. The van der Waals surface area contributed by atoms with Crippen LogP contribution in [0.4, 0.5) is 4.39 Å². The molecule has 0 saturated heterocycles. The number of nitrogens with one attached hydrogen (secondary N) is 1. The number of rotatable bonds is 2. The Balaban J connectivity index is 2.13. The SMILES string of the molecule is O=c1[nH]c(-c2cnccn2)nc(O)c1-c1ccc(F)cc1. The van der Waals surface area contributed by atoms with Gasteiger partial charge in [0.05, 0.1) is 6.20 Å². The molecule has 0 aliphatic rings. The van der Waals surface area contributed by atoms with Crippen molar-refractivity contribution in [2.24, 2.45) is 0 Å². The van der Waals surface area contributed by atoms with Crippen LogP contribution in [0.1, 0.15) is 0 Å². The third-order valence-corrected chi connectivity index (χ3v) is 2.84. The fourth-order valence-corrected chi connectivity index (χ4v) is 1.88. The summed E-state index contributed by atoms with van der Waals surface area (Å²) in [5.74, 6) is -0.777. The maximum absolute atomic E-state index is 12.9. The molecule has 1 aromatic carbocycles. The number of H-pyrrole nitrogens is 1. The number of aromatic amines is 1. The number of aromatic nitrogens is 4. The summed E-state index contributed by atoms with van der Waals surface area (Å²) in [5, 5.41) is 9.98. The Kier molecular flexibility index (Phi) is 3.15. The maximum atomic E-state index is 12.9. The zero-order chi connectivity index (χ0) is 14.8. The second-order valence-corrected chi connectivity index (χ2v) is 4.21. The van der Waals surface area contributed by atoms with Gasteiger partial charge in [-0.05, 0) is 17.7 Å². The summed E-state index contributed by atoms with van der Waals surface area (Å²) in [7, 11) is 0. The predicted molar refractivity (Wildman–Crippen MR) is 72.9 cm³/mol. The van der Waals surface area contributed by atoms with Gasteiger partial charge < -0.3 is 10.1 Å². The Hall–Kier alpha value is -3.09. The van der Waals surface area contributed by atoms with E-state index in [1.807, 2.05) is 0 Å². The molecule has 3 rings (SSSR count). The summed E-state index contributed by atoms with van der Waals surface area (Å²) in [6.45, 7) is 0. The Morgan fingerprint density at radius 2 is 1.90 bits per heavy atom. The first-order valence-electron chi connectivity index (χ1n) is 6.01. The molecule has 3 aromatic rings. The quantitative estimate of drug-likeness (QED) is 0.747. The first-order chi connectivity index (χ1) is 10.1. The number of hydrogen-bond acceptors (Lipinski definition) is 5. The average Bonchev–Trinajstić information content (AvgIpc) is 2.49. The minimum atomic E-state index is -0.547. The van der Waals surface area contributed by atoms with Gasteiger partial charge in [-0.1, -0.05) is 12.1 Å². The van der Waals surface area contributed by atoms with Crippen molar-refractivity contribution in [1.82, 2.24) is 19.9 Å². The van der Waals surface area contributed by atoms with Crippen molar-refractivity contribution in [3.63, 3.8) is 0 Å². The van der Waals surface area contributed by atoms with Crippen molar-refractivity contribution in [2.45, 2.75) is 0 Å². The van der Waals surface area contributed by atoms with Gasteiger partial charge in [0.1, 0.15) is 17.1 Å². The number of hydrogen-bond donors (Lipinski definition) is 2. The molecule has 2 N–H and O–H groups in total. The van der Waals surface area contributed by atoms with Crippen LogP contribution in [0.15, 0.2) is 47.7 Å². The third-order valence-electron chi connectivity index (χ3n) is 2.84. The molecule has 2 aromatic heterocycles. The fraction of sp³-hybridized carbons (Fsp3) is 0. The van der Waals surface area contributed by atoms with Gasteiger partial charge in [0.2, 0.25) is 5.88 Å². The van der Waals surface area contributed by atoms with Crippen LogP contribution in [-0.2, 0) is 0 Å². The Morgan fingerprint density at radius 1 is 1.14 bits per heavy atom. The van der Waals surface area contributed by atoms with Gasteiger partial charge in [0.25, 0.3) is 5.56 Å². The van der Waals surface area contributed by atoms with Crippen LogP contribution < -0.4 is 5.56 Å². The molecule has 0 amide bonds. The van der Waals surface area contributed by atoms with Crippen molar-refractivity contribution < 1.29 is 9.50 Å². The number of aromatic hydroxyl groups is 1. The van der Waals surface area contributed by atoms with Crippen molar-refractivity contribution >= 4 is 0 Å². The van der Waals surface area contributed by atoms with Gasteiger partial charge in [-0.3, -0.25) is 9.78 Å². The monoisotopic (exact) mass is 284 g/mol. The lowest BCUT2D eigenvalue weighted by Crippen LogP contribution is -2.12. The lowest BCUT2D eigenvalue weighted by Gasteiger charge is -2.05. The molecule has 7 heteroatoms. The molecule has 0 fully saturated rings. The molecule has 0 spiro atoms. The highest BCUT2D eigenvalue weighted by Gasteiger charge is 2.14. The molecule has 21 heavy (non-hydrogen) atoms. The van der Waals surface area contributed by atoms with Crippen molar-refractivity contribution in [1.29, 1.82) is 0 Å². The van der Waals surface area contributed by atoms with Gasteiger partial charge in [-0.15, -0.1) is 0 Å². The van der Waals surface area contributed by atoms with E-state index in [1.165, 1.54) is 42.9 Å². The molecule has 0 aliphatic carbocycles. The summed E-state index contributed by atoms with van der Waals surface area (Å²) in [6.07, 6.45) is 4.34. The molecule has 0 aliphatic heterocycles. The van der Waals surface area contributed by atoms with E-state index < -0.39 is 17.3 Å². The van der Waals surface area contributed by atoms with Gasteiger partial charge in [-0.25, -0.2) is 9.37 Å². The summed E-state index contributed by atoms with van der Waals surface area (Å²) in [5.41, 5.74) is 0.126. The first-order valence-corrected chi connectivity index (χ1v) is 6.01. The highest BCUT2D eigenvalue weighted by Crippen LogP contribution is 2.24. The summed E-state index contributed by atoms with van der Waals surface area (Å²) in [4.78, 5) is 26.4. The summed E-state index contributed by atoms with van der Waals surface area (Å²) < 4.78 is 12.9. The van der Waals surface area contributed by atoms with Gasteiger partial charge in [0.15, 0.2) is 5.82 Å². The molecule has 0 bridgehead atoms. The number of benzene rings is 1. The number of halogens is 1. The number of nitrogens with zero attached hydrogens (tertiary/aromatic N) is 3. The molecule has 0 saturated carbocycles. The van der Waals surface area contributed by atoms with E-state index in [9.17, 15) is 14.3 Å². The molecular weight excluding hydrogens is 275 g/mol. The van der Waals surface area contributed by atoms with Crippen LogP contribution in [-0.4, -0.2) is 25.0 Å². The van der Waals surface area contributed by atoms with Crippen molar-refractivity contribution in [2.75, 3.05) is 0 Å². The highest BCUT2D eigenvalue weighted by molar-refractivity contribution is 5.68. The summed E-state index contributed by atoms with van der Waals surface area (Å²) in [6, 6.07) is 5.18. The third kappa shape index (κ3) is 2.48. The van der Waals surface area contributed by atoms with Crippen molar-refractivity contribution in [3.05, 3.63) is 59.0 Å². The second kappa shape index (κ2) is 5.12. The summed E-state index contributed by atoms with van der Waals surface area (Å²) >= 11 is 0. The Labute approximate surface area is 118 Å². The smallest absolute Gasteiger partial charge is 0.262 e. The van der Waals surface area contributed by atoms with E-state index in [-0.39, 0.29) is 11.4 Å².